The standard InChI is InChI=1S/C17H25NO/c1-16(2,3)19-15-8-4-13(5-9-15)17(10-11-17)12-18-14-6-7-14/h4-5,8-9,14,18H,6-7,10-12H2,1-3H3. The maximum absolute atomic E-state index is 5.88. The smallest absolute Gasteiger partial charge is 0.120 e. The number of ether oxygens (including phenoxy) is 1. The largest absolute Gasteiger partial charge is 0.488 e. The Morgan fingerprint density at radius 1 is 1.16 bits per heavy atom. The fourth-order valence-electron chi connectivity index (χ4n) is 2.58. The Kier molecular flexibility index (Phi) is 3.09. The Morgan fingerprint density at radius 2 is 1.79 bits per heavy atom. The second-order valence-electron chi connectivity index (χ2n) is 7.17. The summed E-state index contributed by atoms with van der Waals surface area (Å²) in [5.41, 5.74) is 1.77. The first-order valence-electron chi connectivity index (χ1n) is 7.50. The van der Waals surface area contributed by atoms with Gasteiger partial charge in [0.25, 0.3) is 0 Å². The summed E-state index contributed by atoms with van der Waals surface area (Å²) >= 11 is 0. The summed E-state index contributed by atoms with van der Waals surface area (Å²) in [5, 5.41) is 3.68. The van der Waals surface area contributed by atoms with Gasteiger partial charge in [-0.2, -0.15) is 0 Å². The number of nitrogens with one attached hydrogen (secondary N) is 1. The zero-order chi connectivity index (χ0) is 13.5. The number of benzene rings is 1. The second-order valence-corrected chi connectivity index (χ2v) is 7.17. The molecule has 104 valence electrons. The van der Waals surface area contributed by atoms with Gasteiger partial charge in [0, 0.05) is 18.0 Å². The van der Waals surface area contributed by atoms with Gasteiger partial charge in [0.1, 0.15) is 11.4 Å². The van der Waals surface area contributed by atoms with Gasteiger partial charge < -0.3 is 10.1 Å². The zero-order valence-electron chi connectivity index (χ0n) is 12.3. The number of rotatable bonds is 5. The van der Waals surface area contributed by atoms with E-state index < -0.39 is 0 Å². The highest BCUT2D eigenvalue weighted by Crippen LogP contribution is 2.48. The van der Waals surface area contributed by atoms with Crippen LogP contribution in [0.3, 0.4) is 0 Å². The van der Waals surface area contributed by atoms with Crippen LogP contribution in [0.4, 0.5) is 0 Å². The predicted octanol–water partition coefficient (Wildman–Crippen LogP) is 3.65. The predicted molar refractivity (Wildman–Crippen MR) is 78.8 cm³/mol. The van der Waals surface area contributed by atoms with E-state index >= 15 is 0 Å². The van der Waals surface area contributed by atoms with E-state index in [-0.39, 0.29) is 5.60 Å². The van der Waals surface area contributed by atoms with Gasteiger partial charge in [-0.15, -0.1) is 0 Å². The molecule has 2 nitrogen and oxygen atoms in total. The molecule has 2 heteroatoms. The Morgan fingerprint density at radius 3 is 2.26 bits per heavy atom. The van der Waals surface area contributed by atoms with E-state index in [1.807, 2.05) is 0 Å². The first-order chi connectivity index (χ1) is 8.97. The highest BCUT2D eigenvalue weighted by atomic mass is 16.5. The van der Waals surface area contributed by atoms with Gasteiger partial charge in [-0.3, -0.25) is 0 Å². The summed E-state index contributed by atoms with van der Waals surface area (Å²) < 4.78 is 5.88. The Bertz CT molecular complexity index is 435. The molecule has 3 rings (SSSR count). The Labute approximate surface area is 116 Å². The van der Waals surface area contributed by atoms with Gasteiger partial charge in [0.15, 0.2) is 0 Å². The highest BCUT2D eigenvalue weighted by Gasteiger charge is 2.44. The molecule has 0 saturated heterocycles. The summed E-state index contributed by atoms with van der Waals surface area (Å²) in [5.74, 6) is 0.974. The van der Waals surface area contributed by atoms with Crippen molar-refractivity contribution in [2.45, 2.75) is 63.5 Å². The monoisotopic (exact) mass is 259 g/mol. The van der Waals surface area contributed by atoms with Crippen LogP contribution in [-0.4, -0.2) is 18.2 Å². The molecule has 1 aromatic carbocycles. The van der Waals surface area contributed by atoms with Crippen LogP contribution in [0.5, 0.6) is 5.75 Å². The van der Waals surface area contributed by atoms with Crippen LogP contribution in [0, 0.1) is 0 Å². The maximum atomic E-state index is 5.88. The fourth-order valence-corrected chi connectivity index (χ4v) is 2.58. The quantitative estimate of drug-likeness (QED) is 0.871. The Balaban J connectivity index is 1.64. The van der Waals surface area contributed by atoms with Crippen LogP contribution in [-0.2, 0) is 5.41 Å². The van der Waals surface area contributed by atoms with Gasteiger partial charge in [-0.25, -0.2) is 0 Å². The Hall–Kier alpha value is -1.02. The van der Waals surface area contributed by atoms with Crippen molar-refractivity contribution in [3.8, 4) is 5.75 Å². The minimum Gasteiger partial charge on any atom is -0.488 e. The van der Waals surface area contributed by atoms with Crippen LogP contribution >= 0.6 is 0 Å². The molecule has 1 N–H and O–H groups in total. The van der Waals surface area contributed by atoms with E-state index in [2.05, 4.69) is 50.4 Å². The summed E-state index contributed by atoms with van der Waals surface area (Å²) in [4.78, 5) is 0. The van der Waals surface area contributed by atoms with Gasteiger partial charge in [0.2, 0.25) is 0 Å². The van der Waals surface area contributed by atoms with E-state index in [0.29, 0.717) is 5.41 Å². The lowest BCUT2D eigenvalue weighted by atomic mass is 9.96. The van der Waals surface area contributed by atoms with Gasteiger partial charge in [-0.05, 0) is 64.2 Å². The van der Waals surface area contributed by atoms with Crippen molar-refractivity contribution in [2.75, 3.05) is 6.54 Å². The molecule has 0 aromatic heterocycles. The lowest BCUT2D eigenvalue weighted by Crippen LogP contribution is -2.28. The average molecular weight is 259 g/mol. The molecule has 0 atom stereocenters. The maximum Gasteiger partial charge on any atom is 0.120 e. The van der Waals surface area contributed by atoms with Crippen molar-refractivity contribution in [3.05, 3.63) is 29.8 Å². The lowest BCUT2D eigenvalue weighted by Gasteiger charge is -2.22. The van der Waals surface area contributed by atoms with E-state index in [4.69, 9.17) is 4.74 Å². The number of hydrogen-bond acceptors (Lipinski definition) is 2. The van der Waals surface area contributed by atoms with Crippen LogP contribution in [0.15, 0.2) is 24.3 Å². The minimum absolute atomic E-state index is 0.119. The minimum atomic E-state index is -0.119. The van der Waals surface area contributed by atoms with Gasteiger partial charge in [-0.1, -0.05) is 12.1 Å². The summed E-state index contributed by atoms with van der Waals surface area (Å²) in [6.07, 6.45) is 5.39. The molecule has 0 amide bonds. The first-order valence-corrected chi connectivity index (χ1v) is 7.50. The van der Waals surface area contributed by atoms with Crippen molar-refractivity contribution in [1.29, 1.82) is 0 Å². The molecule has 2 saturated carbocycles. The van der Waals surface area contributed by atoms with Gasteiger partial charge >= 0.3 is 0 Å². The van der Waals surface area contributed by atoms with Crippen molar-refractivity contribution in [3.63, 3.8) is 0 Å². The topological polar surface area (TPSA) is 21.3 Å². The molecule has 1 aromatic rings. The molecule has 2 aliphatic rings. The third-order valence-corrected chi connectivity index (χ3v) is 4.05. The van der Waals surface area contributed by atoms with Crippen molar-refractivity contribution in [2.24, 2.45) is 0 Å². The highest BCUT2D eigenvalue weighted by molar-refractivity contribution is 5.36. The second kappa shape index (κ2) is 4.52. The van der Waals surface area contributed by atoms with E-state index in [9.17, 15) is 0 Å². The first kappa shape index (κ1) is 13.0. The summed E-state index contributed by atoms with van der Waals surface area (Å²) in [6, 6.07) is 9.56. The number of hydrogen-bond donors (Lipinski definition) is 1. The summed E-state index contributed by atoms with van der Waals surface area (Å²) in [6.45, 7) is 7.41. The summed E-state index contributed by atoms with van der Waals surface area (Å²) in [7, 11) is 0. The molecule has 0 heterocycles. The normalized spacial score (nSPS) is 21.2. The van der Waals surface area contributed by atoms with Crippen LogP contribution in [0.1, 0.15) is 52.0 Å². The van der Waals surface area contributed by atoms with Crippen molar-refractivity contribution < 1.29 is 4.74 Å². The molecule has 2 fully saturated rings. The molecule has 0 bridgehead atoms. The van der Waals surface area contributed by atoms with Crippen LogP contribution in [0.25, 0.3) is 0 Å². The van der Waals surface area contributed by atoms with Crippen molar-refractivity contribution >= 4 is 0 Å². The molecule has 19 heavy (non-hydrogen) atoms. The van der Waals surface area contributed by atoms with Crippen LogP contribution in [0.2, 0.25) is 0 Å². The molecule has 0 spiro atoms. The third-order valence-electron chi connectivity index (χ3n) is 4.05. The average Bonchev–Trinajstić information content (AvgIpc) is 3.21. The van der Waals surface area contributed by atoms with Crippen molar-refractivity contribution in [1.82, 2.24) is 5.32 Å². The van der Waals surface area contributed by atoms with E-state index in [0.717, 1.165) is 18.3 Å². The van der Waals surface area contributed by atoms with Crippen LogP contribution < -0.4 is 10.1 Å². The molecular formula is C17H25NO. The molecule has 2 aliphatic carbocycles. The molecular weight excluding hydrogens is 234 g/mol. The fraction of sp³-hybridized carbons (Fsp3) is 0.647. The van der Waals surface area contributed by atoms with E-state index in [1.165, 1.54) is 31.2 Å². The lowest BCUT2D eigenvalue weighted by molar-refractivity contribution is 0.131. The van der Waals surface area contributed by atoms with E-state index in [1.54, 1.807) is 0 Å². The molecule has 0 radical (unpaired) electrons. The molecule has 0 unspecified atom stereocenters. The SMILES string of the molecule is CC(C)(C)Oc1ccc(C2(CNC3CC3)CC2)cc1. The third kappa shape index (κ3) is 3.30. The molecule has 0 aliphatic heterocycles. The van der Waals surface area contributed by atoms with Gasteiger partial charge in [0.05, 0.1) is 0 Å². The zero-order valence-corrected chi connectivity index (χ0v) is 12.3.